The molecule has 0 atom stereocenters. The molecule has 1 fully saturated rings. The number of thiocarbonyl (C=S) groups is 1. The third-order valence-corrected chi connectivity index (χ3v) is 5.95. The highest BCUT2D eigenvalue weighted by molar-refractivity contribution is 7.81. The molecule has 1 aromatic carbocycles. The zero-order valence-corrected chi connectivity index (χ0v) is 20.2. The van der Waals surface area contributed by atoms with E-state index in [1.165, 1.54) is 18.2 Å². The van der Waals surface area contributed by atoms with E-state index in [9.17, 15) is 22.8 Å². The highest BCUT2D eigenvalue weighted by atomic mass is 32.1. The van der Waals surface area contributed by atoms with E-state index < -0.39 is 28.7 Å². The van der Waals surface area contributed by atoms with Crippen molar-refractivity contribution in [3.8, 4) is 6.07 Å². The monoisotopic (exact) mass is 501 g/mol. The van der Waals surface area contributed by atoms with Gasteiger partial charge < -0.3 is 9.47 Å². The summed E-state index contributed by atoms with van der Waals surface area (Å²) in [5, 5.41) is 9.07. The van der Waals surface area contributed by atoms with E-state index in [0.29, 0.717) is 29.6 Å². The molecule has 0 spiro atoms. The smallest absolute Gasteiger partial charge is 0.334 e. The fourth-order valence-corrected chi connectivity index (χ4v) is 4.27. The number of aryl methyl sites for hydroxylation is 1. The van der Waals surface area contributed by atoms with E-state index in [1.807, 2.05) is 6.92 Å². The summed E-state index contributed by atoms with van der Waals surface area (Å²) in [6, 6.07) is 7.97. The maximum Gasteiger partial charge on any atom is 0.417 e. The van der Waals surface area contributed by atoms with Gasteiger partial charge in [0, 0.05) is 18.9 Å². The fraction of sp³-hybridized carbons (Fsp3) is 0.292. The Balaban J connectivity index is 2.09. The fourth-order valence-electron chi connectivity index (χ4n) is 3.75. The van der Waals surface area contributed by atoms with E-state index in [2.05, 4.69) is 4.99 Å². The van der Waals surface area contributed by atoms with Gasteiger partial charge in [0.1, 0.15) is 17.3 Å². The molecule has 1 aliphatic heterocycles. The number of halogens is 3. The standard InChI is InChI=1S/C24H22F3N5O2S/c1-5-16(10-11-33)29-20-9-8-18(14-30(20)4)32-22(35)31(21(34)23(32,2)3)17-7-6-15(13-28)19(12-17)24(25,26)27/h6-12,14H,5H2,1-4H3/b16-10-,29-20?. The van der Waals surface area contributed by atoms with E-state index in [1.54, 1.807) is 48.7 Å². The maximum absolute atomic E-state index is 13.5. The van der Waals surface area contributed by atoms with E-state index in [-0.39, 0.29) is 10.8 Å². The Morgan fingerprint density at radius 1 is 1.23 bits per heavy atom. The lowest BCUT2D eigenvalue weighted by molar-refractivity contribution is -0.137. The number of nitrogens with zero attached hydrogens (tertiary/aromatic N) is 5. The predicted octanol–water partition coefficient (Wildman–Crippen LogP) is 4.23. The summed E-state index contributed by atoms with van der Waals surface area (Å²) in [7, 11) is 1.73. The number of amides is 1. The third-order valence-electron chi connectivity index (χ3n) is 5.58. The van der Waals surface area contributed by atoms with Gasteiger partial charge in [0.2, 0.25) is 0 Å². The van der Waals surface area contributed by atoms with Gasteiger partial charge in [-0.25, -0.2) is 4.99 Å². The molecule has 35 heavy (non-hydrogen) atoms. The second-order valence-corrected chi connectivity index (χ2v) is 8.64. The van der Waals surface area contributed by atoms with Crippen LogP contribution in [0, 0.1) is 11.3 Å². The van der Waals surface area contributed by atoms with Gasteiger partial charge in [-0.15, -0.1) is 0 Å². The number of aromatic nitrogens is 1. The molecule has 182 valence electrons. The number of nitriles is 1. The highest BCUT2D eigenvalue weighted by Crippen LogP contribution is 2.39. The number of rotatable bonds is 5. The van der Waals surface area contributed by atoms with Crippen molar-refractivity contribution in [2.45, 2.75) is 38.9 Å². The Labute approximate surface area is 205 Å². The van der Waals surface area contributed by atoms with Crippen LogP contribution in [0.4, 0.5) is 24.5 Å². The van der Waals surface area contributed by atoms with Crippen LogP contribution >= 0.6 is 12.2 Å². The van der Waals surface area contributed by atoms with Gasteiger partial charge in [-0.1, -0.05) is 6.92 Å². The predicted molar refractivity (Wildman–Crippen MR) is 128 cm³/mol. The van der Waals surface area contributed by atoms with Crippen LogP contribution in [0.1, 0.15) is 38.3 Å². The number of alkyl halides is 3. The first kappa shape index (κ1) is 25.8. The lowest BCUT2D eigenvalue weighted by atomic mass is 10.0. The summed E-state index contributed by atoms with van der Waals surface area (Å²) >= 11 is 5.55. The molecule has 0 saturated carbocycles. The van der Waals surface area contributed by atoms with E-state index in [0.717, 1.165) is 17.0 Å². The molecule has 2 heterocycles. The van der Waals surface area contributed by atoms with Crippen LogP contribution in [0.3, 0.4) is 0 Å². The van der Waals surface area contributed by atoms with Crippen molar-refractivity contribution in [2.24, 2.45) is 12.0 Å². The molecule has 1 saturated heterocycles. The van der Waals surface area contributed by atoms with Crippen LogP contribution in [0.15, 0.2) is 53.3 Å². The van der Waals surface area contributed by atoms with Crippen LogP contribution in [0.25, 0.3) is 0 Å². The number of pyridine rings is 1. The maximum atomic E-state index is 13.5. The molecule has 7 nitrogen and oxygen atoms in total. The second-order valence-electron chi connectivity index (χ2n) is 8.27. The normalized spacial score (nSPS) is 16.6. The average molecular weight is 502 g/mol. The van der Waals surface area contributed by atoms with E-state index >= 15 is 0 Å². The zero-order chi connectivity index (χ0) is 26.1. The molecular formula is C24H22F3N5O2S. The summed E-state index contributed by atoms with van der Waals surface area (Å²) in [4.78, 5) is 31.2. The Bertz CT molecular complexity index is 1350. The summed E-state index contributed by atoms with van der Waals surface area (Å²) in [5.74, 6) is -0.515. The summed E-state index contributed by atoms with van der Waals surface area (Å²) in [6.45, 7) is 5.11. The highest BCUT2D eigenvalue weighted by Gasteiger charge is 2.50. The first-order valence-electron chi connectivity index (χ1n) is 10.5. The Kier molecular flexibility index (Phi) is 6.98. The zero-order valence-electron chi connectivity index (χ0n) is 19.4. The van der Waals surface area contributed by atoms with Gasteiger partial charge in [0.05, 0.1) is 28.6 Å². The van der Waals surface area contributed by atoms with Crippen molar-refractivity contribution < 1.29 is 22.8 Å². The molecule has 0 unspecified atom stereocenters. The van der Waals surface area contributed by atoms with Crippen LogP contribution in [0.5, 0.6) is 0 Å². The molecule has 0 bridgehead atoms. The Morgan fingerprint density at radius 2 is 1.89 bits per heavy atom. The summed E-state index contributed by atoms with van der Waals surface area (Å²) in [5.41, 5.74) is -1.31. The van der Waals surface area contributed by atoms with Crippen molar-refractivity contribution in [3.63, 3.8) is 0 Å². The number of allylic oxidation sites excluding steroid dienone is 2. The lowest BCUT2D eigenvalue weighted by Crippen LogP contribution is -2.44. The topological polar surface area (TPSA) is 81.7 Å². The molecule has 11 heteroatoms. The number of aldehydes is 1. The average Bonchev–Trinajstić information content (AvgIpc) is 2.97. The first-order chi connectivity index (χ1) is 16.4. The minimum atomic E-state index is -4.77. The van der Waals surface area contributed by atoms with Gasteiger partial charge in [0.15, 0.2) is 5.11 Å². The number of hydrogen-bond acceptors (Lipinski definition) is 5. The molecule has 0 N–H and O–H groups in total. The van der Waals surface area contributed by atoms with Gasteiger partial charge in [-0.2, -0.15) is 18.4 Å². The minimum absolute atomic E-state index is 0.00220. The SMILES string of the molecule is CC/C(=C/C=O)N=c1ccc(N2C(=S)N(c3ccc(C#N)c(C(F)(F)F)c3)C(=O)C2(C)C)cn1C. The van der Waals surface area contributed by atoms with E-state index in [4.69, 9.17) is 17.5 Å². The summed E-state index contributed by atoms with van der Waals surface area (Å²) < 4.78 is 42.2. The third kappa shape index (κ3) is 4.74. The van der Waals surface area contributed by atoms with Crippen molar-refractivity contribution in [3.05, 3.63) is 64.9 Å². The Hall–Kier alpha value is -3.78. The number of carbonyl (C=O) groups excluding carboxylic acids is 2. The molecule has 1 amide bonds. The first-order valence-corrected chi connectivity index (χ1v) is 10.9. The van der Waals surface area contributed by atoms with Gasteiger partial charge >= 0.3 is 6.18 Å². The number of benzene rings is 1. The van der Waals surface area contributed by atoms with Crippen molar-refractivity contribution in [1.82, 2.24) is 4.57 Å². The molecule has 0 radical (unpaired) electrons. The number of anilines is 2. The molecule has 1 aliphatic rings. The molecule has 1 aromatic heterocycles. The van der Waals surface area contributed by atoms with Crippen LogP contribution < -0.4 is 15.3 Å². The van der Waals surface area contributed by atoms with Crippen molar-refractivity contribution in [2.75, 3.05) is 9.80 Å². The van der Waals surface area contributed by atoms with Crippen molar-refractivity contribution in [1.29, 1.82) is 5.26 Å². The molecule has 3 rings (SSSR count). The van der Waals surface area contributed by atoms with Gasteiger partial charge in [-0.3, -0.25) is 14.5 Å². The van der Waals surface area contributed by atoms with Crippen LogP contribution in [-0.2, 0) is 22.8 Å². The van der Waals surface area contributed by atoms with Gasteiger partial charge in [0.25, 0.3) is 5.91 Å². The van der Waals surface area contributed by atoms with Crippen molar-refractivity contribution >= 4 is 40.9 Å². The minimum Gasteiger partial charge on any atom is -0.334 e. The summed E-state index contributed by atoms with van der Waals surface area (Å²) in [6.07, 6.45) is -0.496. The second kappa shape index (κ2) is 9.46. The molecule has 0 aliphatic carbocycles. The quantitative estimate of drug-likeness (QED) is 0.348. The number of carbonyl (C=O) groups is 2. The van der Waals surface area contributed by atoms with Crippen LogP contribution in [0.2, 0.25) is 0 Å². The van der Waals surface area contributed by atoms with Gasteiger partial charge in [-0.05, 0) is 68.9 Å². The number of hydrogen-bond donors (Lipinski definition) is 0. The van der Waals surface area contributed by atoms with Crippen LogP contribution in [-0.4, -0.2) is 27.4 Å². The molecular weight excluding hydrogens is 479 g/mol. The Morgan fingerprint density at radius 3 is 2.43 bits per heavy atom. The molecule has 2 aromatic rings. The largest absolute Gasteiger partial charge is 0.417 e. The lowest BCUT2D eigenvalue weighted by Gasteiger charge is -2.29.